The molecule has 1 heterocycles. The zero-order valence-electron chi connectivity index (χ0n) is 18.6. The van der Waals surface area contributed by atoms with Crippen LogP contribution in [0, 0.1) is 23.5 Å². The van der Waals surface area contributed by atoms with E-state index in [1.54, 1.807) is 18.2 Å². The normalized spacial score (nSPS) is 19.2. The van der Waals surface area contributed by atoms with Crippen LogP contribution in [0.4, 0.5) is 8.78 Å². The van der Waals surface area contributed by atoms with Crippen LogP contribution in [0.3, 0.4) is 0 Å². The summed E-state index contributed by atoms with van der Waals surface area (Å²) in [6, 6.07) is 6.99. The fraction of sp³-hybridized carbons (Fsp3) is 0.615. The zero-order valence-corrected chi connectivity index (χ0v) is 18.6. The van der Waals surface area contributed by atoms with E-state index in [2.05, 4.69) is 17.1 Å². The molecule has 1 fully saturated rings. The summed E-state index contributed by atoms with van der Waals surface area (Å²) in [5, 5.41) is 8.49. The van der Waals surface area contributed by atoms with Crippen LogP contribution < -0.4 is 0 Å². The fourth-order valence-corrected chi connectivity index (χ4v) is 4.64. The maximum Gasteiger partial charge on any atom is 0.168 e. The topological polar surface area (TPSA) is 25.8 Å². The maximum atomic E-state index is 14.5. The number of aryl methyl sites for hydroxylation is 2. The molecule has 4 heteroatoms. The van der Waals surface area contributed by atoms with Gasteiger partial charge >= 0.3 is 0 Å². The molecule has 0 bridgehead atoms. The Hall–Kier alpha value is -1.84. The summed E-state index contributed by atoms with van der Waals surface area (Å²) in [4.78, 5) is 0. The van der Waals surface area contributed by atoms with Crippen molar-refractivity contribution < 1.29 is 8.78 Å². The Morgan fingerprint density at radius 1 is 0.767 bits per heavy atom. The molecule has 0 unspecified atom stereocenters. The van der Waals surface area contributed by atoms with Gasteiger partial charge in [0.2, 0.25) is 0 Å². The first-order valence-electron chi connectivity index (χ1n) is 11.9. The molecule has 0 spiro atoms. The Morgan fingerprint density at radius 3 is 2.10 bits per heavy atom. The minimum absolute atomic E-state index is 0.192. The predicted molar refractivity (Wildman–Crippen MR) is 119 cm³/mol. The molecule has 30 heavy (non-hydrogen) atoms. The van der Waals surface area contributed by atoms with Crippen LogP contribution >= 0.6 is 0 Å². The van der Waals surface area contributed by atoms with Gasteiger partial charge in [0.1, 0.15) is 0 Å². The molecule has 164 valence electrons. The van der Waals surface area contributed by atoms with Gasteiger partial charge in [0.05, 0.1) is 11.4 Å². The number of unbranched alkanes of at least 4 members (excludes halogenated alkanes) is 2. The Morgan fingerprint density at radius 2 is 1.47 bits per heavy atom. The number of hydrogen-bond acceptors (Lipinski definition) is 2. The lowest BCUT2D eigenvalue weighted by Crippen LogP contribution is -2.15. The van der Waals surface area contributed by atoms with Crippen molar-refractivity contribution in [2.24, 2.45) is 11.8 Å². The van der Waals surface area contributed by atoms with Crippen molar-refractivity contribution in [2.45, 2.75) is 90.9 Å². The molecule has 1 aliphatic carbocycles. The second-order valence-corrected chi connectivity index (χ2v) is 8.98. The summed E-state index contributed by atoms with van der Waals surface area (Å²) in [6.07, 6.45) is 13.9. The van der Waals surface area contributed by atoms with Gasteiger partial charge in [0.25, 0.3) is 0 Å². The fourth-order valence-electron chi connectivity index (χ4n) is 4.64. The largest absolute Gasteiger partial charge is 0.203 e. The third kappa shape index (κ3) is 6.09. The monoisotopic (exact) mass is 414 g/mol. The molecule has 0 N–H and O–H groups in total. The Balaban J connectivity index is 1.54. The van der Waals surface area contributed by atoms with Crippen LogP contribution in [0.15, 0.2) is 24.3 Å². The average molecular weight is 415 g/mol. The molecule has 1 aromatic carbocycles. The molecule has 0 amide bonds. The summed E-state index contributed by atoms with van der Waals surface area (Å²) >= 11 is 0. The van der Waals surface area contributed by atoms with Crippen molar-refractivity contribution in [1.29, 1.82) is 0 Å². The highest BCUT2D eigenvalue weighted by Gasteiger charge is 2.21. The smallest absolute Gasteiger partial charge is 0.168 e. The van der Waals surface area contributed by atoms with Crippen molar-refractivity contribution in [1.82, 2.24) is 10.2 Å². The summed E-state index contributed by atoms with van der Waals surface area (Å²) < 4.78 is 28.9. The van der Waals surface area contributed by atoms with Crippen molar-refractivity contribution in [3.05, 3.63) is 47.2 Å². The van der Waals surface area contributed by atoms with Crippen molar-refractivity contribution in [2.75, 3.05) is 0 Å². The molecular formula is C26H36F2N2. The first-order valence-corrected chi connectivity index (χ1v) is 11.9. The first-order chi connectivity index (χ1) is 14.6. The number of aromatic nitrogens is 2. The second-order valence-electron chi connectivity index (χ2n) is 8.98. The molecule has 3 rings (SSSR count). The van der Waals surface area contributed by atoms with Gasteiger partial charge in [-0.2, -0.15) is 10.2 Å². The molecule has 0 atom stereocenters. The van der Waals surface area contributed by atoms with E-state index in [0.717, 1.165) is 43.2 Å². The van der Waals surface area contributed by atoms with Gasteiger partial charge in [-0.1, -0.05) is 71.3 Å². The van der Waals surface area contributed by atoms with Gasteiger partial charge in [-0.3, -0.25) is 0 Å². The Bertz CT molecular complexity index is 780. The highest BCUT2D eigenvalue weighted by Crippen LogP contribution is 2.34. The molecule has 0 saturated heterocycles. The summed E-state index contributed by atoms with van der Waals surface area (Å²) in [7, 11) is 0. The average Bonchev–Trinajstić information content (AvgIpc) is 2.78. The molecule has 0 aliphatic heterocycles. The van der Waals surface area contributed by atoms with Crippen molar-refractivity contribution in [3.63, 3.8) is 0 Å². The highest BCUT2D eigenvalue weighted by atomic mass is 19.2. The Labute approximate surface area is 180 Å². The van der Waals surface area contributed by atoms with E-state index < -0.39 is 11.6 Å². The van der Waals surface area contributed by atoms with Gasteiger partial charge in [0.15, 0.2) is 11.6 Å². The number of nitrogens with zero attached hydrogens (tertiary/aromatic N) is 2. The van der Waals surface area contributed by atoms with E-state index in [1.807, 2.05) is 13.0 Å². The van der Waals surface area contributed by atoms with E-state index in [0.29, 0.717) is 17.7 Å². The van der Waals surface area contributed by atoms with E-state index in [4.69, 9.17) is 0 Å². The minimum Gasteiger partial charge on any atom is -0.203 e. The highest BCUT2D eigenvalue weighted by molar-refractivity contribution is 5.60. The number of hydrogen-bond donors (Lipinski definition) is 0. The van der Waals surface area contributed by atoms with E-state index in [1.165, 1.54) is 44.9 Å². The lowest BCUT2D eigenvalue weighted by molar-refractivity contribution is 0.249. The van der Waals surface area contributed by atoms with Gasteiger partial charge in [-0.15, -0.1) is 0 Å². The number of rotatable bonds is 10. The molecular weight excluding hydrogens is 378 g/mol. The van der Waals surface area contributed by atoms with Crippen molar-refractivity contribution in [3.8, 4) is 11.3 Å². The Kier molecular flexibility index (Phi) is 8.77. The van der Waals surface area contributed by atoms with Crippen LogP contribution in [-0.2, 0) is 12.8 Å². The second kappa shape index (κ2) is 11.5. The van der Waals surface area contributed by atoms with E-state index >= 15 is 0 Å². The summed E-state index contributed by atoms with van der Waals surface area (Å²) in [6.45, 7) is 4.31. The number of benzene rings is 1. The molecule has 2 nitrogen and oxygen atoms in total. The molecule has 1 aliphatic rings. The van der Waals surface area contributed by atoms with Crippen LogP contribution in [0.1, 0.15) is 89.3 Å². The van der Waals surface area contributed by atoms with Gasteiger partial charge < -0.3 is 0 Å². The summed E-state index contributed by atoms with van der Waals surface area (Å²) in [5.41, 5.74) is 1.96. The SMILES string of the molecule is CCCCc1ccc(-c2ccc(CCC3CCC(CCCC)CC3)nn2)c(F)c1F. The molecule has 0 radical (unpaired) electrons. The maximum absolute atomic E-state index is 14.5. The number of halogens is 2. The molecule has 1 saturated carbocycles. The van der Waals surface area contributed by atoms with Gasteiger partial charge in [0, 0.05) is 5.56 Å². The summed E-state index contributed by atoms with van der Waals surface area (Å²) in [5.74, 6) is 0.155. The predicted octanol–water partition coefficient (Wildman–Crippen LogP) is 7.69. The zero-order chi connectivity index (χ0) is 21.3. The van der Waals surface area contributed by atoms with E-state index in [-0.39, 0.29) is 5.56 Å². The third-order valence-electron chi connectivity index (χ3n) is 6.70. The standard InChI is InChI=1S/C26H36F2N2/c1-3-5-7-19-9-11-20(12-10-19)13-15-22-16-18-24(30-29-22)23-17-14-21(8-6-4-2)25(27)26(23)28/h14,16-20H,3-13,15H2,1-2H3. The van der Waals surface area contributed by atoms with Crippen LogP contribution in [-0.4, -0.2) is 10.2 Å². The quantitative estimate of drug-likeness (QED) is 0.398. The molecule has 1 aromatic heterocycles. The lowest BCUT2D eigenvalue weighted by Gasteiger charge is -2.28. The minimum atomic E-state index is -0.814. The van der Waals surface area contributed by atoms with Gasteiger partial charge in [-0.25, -0.2) is 8.78 Å². The van der Waals surface area contributed by atoms with E-state index in [9.17, 15) is 8.78 Å². The molecule has 2 aromatic rings. The van der Waals surface area contributed by atoms with Crippen LogP contribution in [0.2, 0.25) is 0 Å². The lowest BCUT2D eigenvalue weighted by atomic mass is 9.78. The van der Waals surface area contributed by atoms with Crippen LogP contribution in [0.25, 0.3) is 11.3 Å². The third-order valence-corrected chi connectivity index (χ3v) is 6.70. The first kappa shape index (κ1) is 22.8. The van der Waals surface area contributed by atoms with Gasteiger partial charge in [-0.05, 0) is 61.3 Å². The van der Waals surface area contributed by atoms with Crippen molar-refractivity contribution >= 4 is 0 Å². The van der Waals surface area contributed by atoms with Crippen LogP contribution in [0.5, 0.6) is 0 Å².